The standard InChI is InChI=1S/C24H19ClFN5OS/c1-16-2-12-21(13-3-16)31-23(18-6-8-19(25)9-7-18)29-30-24(31)33-15-22(32)28-27-14-17-4-10-20(26)11-5-17/h2-14H,15H2,1H3,(H,28,32)/b27-14+. The second kappa shape index (κ2) is 10.4. The fourth-order valence-electron chi connectivity index (χ4n) is 2.97. The predicted molar refractivity (Wildman–Crippen MR) is 129 cm³/mol. The molecule has 166 valence electrons. The summed E-state index contributed by atoms with van der Waals surface area (Å²) in [5.41, 5.74) is 6.02. The van der Waals surface area contributed by atoms with E-state index in [1.807, 2.05) is 47.9 Å². The van der Waals surface area contributed by atoms with Gasteiger partial charge in [-0.2, -0.15) is 5.10 Å². The largest absolute Gasteiger partial charge is 0.272 e. The third-order valence-corrected chi connectivity index (χ3v) is 5.81. The number of aromatic nitrogens is 3. The predicted octanol–water partition coefficient (Wildman–Crippen LogP) is 5.28. The molecule has 0 bridgehead atoms. The highest BCUT2D eigenvalue weighted by Gasteiger charge is 2.17. The Morgan fingerprint density at radius 2 is 1.76 bits per heavy atom. The lowest BCUT2D eigenvalue weighted by atomic mass is 10.2. The SMILES string of the molecule is Cc1ccc(-n2c(SCC(=O)N/N=C/c3ccc(F)cc3)nnc2-c2ccc(Cl)cc2)cc1. The van der Waals surface area contributed by atoms with E-state index in [4.69, 9.17) is 11.6 Å². The molecule has 9 heteroatoms. The van der Waals surface area contributed by atoms with Crippen LogP contribution in [-0.4, -0.2) is 32.6 Å². The first kappa shape index (κ1) is 22.7. The summed E-state index contributed by atoms with van der Waals surface area (Å²) in [5, 5.41) is 13.8. The first-order valence-electron chi connectivity index (χ1n) is 9.98. The van der Waals surface area contributed by atoms with Gasteiger partial charge in [0.15, 0.2) is 11.0 Å². The van der Waals surface area contributed by atoms with Crippen LogP contribution in [0.1, 0.15) is 11.1 Å². The van der Waals surface area contributed by atoms with E-state index < -0.39 is 0 Å². The number of carbonyl (C=O) groups is 1. The summed E-state index contributed by atoms with van der Waals surface area (Å²) in [6.45, 7) is 2.02. The second-order valence-electron chi connectivity index (χ2n) is 7.12. The van der Waals surface area contributed by atoms with Crippen LogP contribution in [0.15, 0.2) is 83.1 Å². The normalized spacial score (nSPS) is 11.1. The molecule has 0 aliphatic heterocycles. The van der Waals surface area contributed by atoms with Crippen LogP contribution in [-0.2, 0) is 4.79 Å². The van der Waals surface area contributed by atoms with Crippen LogP contribution in [0.4, 0.5) is 4.39 Å². The highest BCUT2D eigenvalue weighted by atomic mass is 35.5. The summed E-state index contributed by atoms with van der Waals surface area (Å²) >= 11 is 7.28. The van der Waals surface area contributed by atoms with Crippen molar-refractivity contribution < 1.29 is 9.18 Å². The summed E-state index contributed by atoms with van der Waals surface area (Å²) < 4.78 is 14.9. The number of halogens is 2. The van der Waals surface area contributed by atoms with Gasteiger partial charge in [0, 0.05) is 16.3 Å². The van der Waals surface area contributed by atoms with Crippen LogP contribution in [0.25, 0.3) is 17.1 Å². The molecule has 0 fully saturated rings. The van der Waals surface area contributed by atoms with Gasteiger partial charge < -0.3 is 0 Å². The lowest BCUT2D eigenvalue weighted by molar-refractivity contribution is -0.118. The number of hydrogen-bond donors (Lipinski definition) is 1. The van der Waals surface area contributed by atoms with E-state index >= 15 is 0 Å². The minimum absolute atomic E-state index is 0.0887. The van der Waals surface area contributed by atoms with Crippen LogP contribution in [0, 0.1) is 12.7 Å². The summed E-state index contributed by atoms with van der Waals surface area (Å²) in [7, 11) is 0. The van der Waals surface area contributed by atoms with Crippen LogP contribution in [0.2, 0.25) is 5.02 Å². The van der Waals surface area contributed by atoms with Crippen molar-refractivity contribution in [3.63, 3.8) is 0 Å². The molecule has 1 aromatic heterocycles. The number of amides is 1. The van der Waals surface area contributed by atoms with Crippen molar-refractivity contribution in [2.45, 2.75) is 12.1 Å². The molecule has 0 aliphatic carbocycles. The summed E-state index contributed by atoms with van der Waals surface area (Å²) in [6.07, 6.45) is 1.45. The molecular formula is C24H19ClFN5OS. The van der Waals surface area contributed by atoms with Gasteiger partial charge in [0.05, 0.1) is 12.0 Å². The van der Waals surface area contributed by atoms with Gasteiger partial charge in [-0.05, 0) is 61.0 Å². The van der Waals surface area contributed by atoms with E-state index in [9.17, 15) is 9.18 Å². The monoisotopic (exact) mass is 479 g/mol. The van der Waals surface area contributed by atoms with Gasteiger partial charge in [0.25, 0.3) is 5.91 Å². The molecule has 4 rings (SSSR count). The highest BCUT2D eigenvalue weighted by Crippen LogP contribution is 2.28. The number of aryl methyl sites for hydroxylation is 1. The van der Waals surface area contributed by atoms with Crippen LogP contribution < -0.4 is 5.43 Å². The molecule has 0 saturated carbocycles. The average molecular weight is 480 g/mol. The Labute approximate surface area is 199 Å². The van der Waals surface area contributed by atoms with Crippen molar-refractivity contribution in [2.75, 3.05) is 5.75 Å². The van der Waals surface area contributed by atoms with Crippen LogP contribution >= 0.6 is 23.4 Å². The molecule has 0 aliphatic rings. The topological polar surface area (TPSA) is 72.2 Å². The molecule has 1 amide bonds. The summed E-state index contributed by atoms with van der Waals surface area (Å²) in [4.78, 5) is 12.3. The first-order valence-corrected chi connectivity index (χ1v) is 11.3. The molecule has 3 aromatic carbocycles. The van der Waals surface area contributed by atoms with Gasteiger partial charge in [-0.25, -0.2) is 9.82 Å². The van der Waals surface area contributed by atoms with Crippen molar-refractivity contribution in [3.8, 4) is 17.1 Å². The van der Waals surface area contributed by atoms with E-state index in [1.54, 1.807) is 24.3 Å². The molecule has 6 nitrogen and oxygen atoms in total. The molecule has 4 aromatic rings. The van der Waals surface area contributed by atoms with Gasteiger partial charge >= 0.3 is 0 Å². The average Bonchev–Trinajstić information content (AvgIpc) is 3.24. The van der Waals surface area contributed by atoms with Crippen molar-refractivity contribution in [3.05, 3.63) is 94.8 Å². The maximum Gasteiger partial charge on any atom is 0.250 e. The lowest BCUT2D eigenvalue weighted by Crippen LogP contribution is -2.20. The zero-order chi connectivity index (χ0) is 23.2. The van der Waals surface area contributed by atoms with Gasteiger partial charge in [0.2, 0.25) is 0 Å². The Morgan fingerprint density at radius 1 is 1.06 bits per heavy atom. The third-order valence-electron chi connectivity index (χ3n) is 4.63. The van der Waals surface area contributed by atoms with Gasteiger partial charge in [0.1, 0.15) is 5.82 Å². The van der Waals surface area contributed by atoms with E-state index in [-0.39, 0.29) is 17.5 Å². The number of hydrogen-bond acceptors (Lipinski definition) is 5. The van der Waals surface area contributed by atoms with Gasteiger partial charge in [-0.3, -0.25) is 9.36 Å². The molecule has 33 heavy (non-hydrogen) atoms. The molecule has 0 spiro atoms. The van der Waals surface area contributed by atoms with Crippen molar-refractivity contribution >= 4 is 35.5 Å². The van der Waals surface area contributed by atoms with Gasteiger partial charge in [-0.1, -0.05) is 53.2 Å². The minimum Gasteiger partial charge on any atom is -0.272 e. The molecule has 0 radical (unpaired) electrons. The number of rotatable bonds is 7. The molecule has 0 atom stereocenters. The second-order valence-corrected chi connectivity index (χ2v) is 8.50. The number of nitrogens with one attached hydrogen (secondary N) is 1. The maximum absolute atomic E-state index is 13.0. The summed E-state index contributed by atoms with van der Waals surface area (Å²) in [5.74, 6) is 0.103. The number of nitrogens with zero attached hydrogens (tertiary/aromatic N) is 4. The molecule has 0 unspecified atom stereocenters. The Hall–Kier alpha value is -3.49. The van der Waals surface area contributed by atoms with Gasteiger partial charge in [-0.15, -0.1) is 10.2 Å². The van der Waals surface area contributed by atoms with E-state index in [0.717, 1.165) is 16.8 Å². The number of benzene rings is 3. The van der Waals surface area contributed by atoms with E-state index in [1.165, 1.54) is 30.1 Å². The molecule has 1 N–H and O–H groups in total. The highest BCUT2D eigenvalue weighted by molar-refractivity contribution is 7.99. The van der Waals surface area contributed by atoms with Crippen LogP contribution in [0.3, 0.4) is 0 Å². The Balaban J connectivity index is 1.51. The first-order chi connectivity index (χ1) is 16.0. The Morgan fingerprint density at radius 3 is 2.45 bits per heavy atom. The fourth-order valence-corrected chi connectivity index (χ4v) is 3.84. The van der Waals surface area contributed by atoms with E-state index in [0.29, 0.717) is 21.6 Å². The number of carbonyl (C=O) groups excluding carboxylic acids is 1. The molecule has 1 heterocycles. The Kier molecular flexibility index (Phi) is 7.16. The maximum atomic E-state index is 13.0. The third kappa shape index (κ3) is 5.85. The number of thioether (sulfide) groups is 1. The fraction of sp³-hybridized carbons (Fsp3) is 0.0833. The molecular weight excluding hydrogens is 461 g/mol. The number of hydrazone groups is 1. The molecule has 0 saturated heterocycles. The zero-order valence-corrected chi connectivity index (χ0v) is 19.1. The van der Waals surface area contributed by atoms with E-state index in [2.05, 4.69) is 20.7 Å². The van der Waals surface area contributed by atoms with Crippen molar-refractivity contribution in [2.24, 2.45) is 5.10 Å². The lowest BCUT2D eigenvalue weighted by Gasteiger charge is -2.10. The Bertz CT molecular complexity index is 1270. The van der Waals surface area contributed by atoms with Crippen molar-refractivity contribution in [1.82, 2.24) is 20.2 Å². The minimum atomic E-state index is -0.330. The quantitative estimate of drug-likeness (QED) is 0.222. The smallest absolute Gasteiger partial charge is 0.250 e. The van der Waals surface area contributed by atoms with Crippen LogP contribution in [0.5, 0.6) is 0 Å². The summed E-state index contributed by atoms with van der Waals surface area (Å²) in [6, 6.07) is 21.1. The zero-order valence-electron chi connectivity index (χ0n) is 17.6. The van der Waals surface area contributed by atoms with Crippen molar-refractivity contribution in [1.29, 1.82) is 0 Å².